The third kappa shape index (κ3) is 5.71. The largest absolute Gasteiger partial charge is 0.493 e. The van der Waals surface area contributed by atoms with Crippen molar-refractivity contribution >= 4 is 61.7 Å². The Kier molecular flexibility index (Phi) is 7.12. The van der Waals surface area contributed by atoms with Crippen LogP contribution in [-0.2, 0) is 4.79 Å². The van der Waals surface area contributed by atoms with Crippen molar-refractivity contribution in [2.45, 2.75) is 4.34 Å². The van der Waals surface area contributed by atoms with Gasteiger partial charge < -0.3 is 19.2 Å². The van der Waals surface area contributed by atoms with Crippen molar-refractivity contribution in [1.82, 2.24) is 10.2 Å². The Morgan fingerprint density at radius 2 is 1.93 bits per heavy atom. The van der Waals surface area contributed by atoms with E-state index in [1.165, 1.54) is 24.9 Å². The van der Waals surface area contributed by atoms with Gasteiger partial charge in [0.15, 0.2) is 26.3 Å². The zero-order valence-electron chi connectivity index (χ0n) is 15.2. The highest BCUT2D eigenvalue weighted by Gasteiger charge is 2.15. The fourth-order valence-corrected chi connectivity index (χ4v) is 4.01. The van der Waals surface area contributed by atoms with Gasteiger partial charge in [0.2, 0.25) is 11.0 Å². The summed E-state index contributed by atoms with van der Waals surface area (Å²) in [4.78, 5) is 24.2. The number of nitrogens with zero attached hydrogens (tertiary/aromatic N) is 2. The summed E-state index contributed by atoms with van der Waals surface area (Å²) < 4.78 is 16.6. The van der Waals surface area contributed by atoms with E-state index in [-0.39, 0.29) is 17.4 Å². The van der Waals surface area contributed by atoms with Crippen molar-refractivity contribution in [3.05, 3.63) is 40.8 Å². The molecular formula is C17H15BrN4O5S2. The summed E-state index contributed by atoms with van der Waals surface area (Å²) in [6, 6.07) is 8.25. The molecule has 9 nitrogen and oxygen atoms in total. The molecule has 1 aromatic carbocycles. The van der Waals surface area contributed by atoms with E-state index < -0.39 is 5.91 Å². The number of hydrogen-bond donors (Lipinski definition) is 2. The highest BCUT2D eigenvalue weighted by atomic mass is 79.9. The zero-order valence-corrected chi connectivity index (χ0v) is 18.4. The maximum absolute atomic E-state index is 12.2. The predicted molar refractivity (Wildman–Crippen MR) is 113 cm³/mol. The number of thioether (sulfide) groups is 1. The molecule has 29 heavy (non-hydrogen) atoms. The number of aromatic nitrogens is 2. The molecule has 0 fully saturated rings. The van der Waals surface area contributed by atoms with Gasteiger partial charge in [0, 0.05) is 11.8 Å². The van der Waals surface area contributed by atoms with Crippen LogP contribution in [0.2, 0.25) is 0 Å². The Bertz CT molecular complexity index is 1020. The first-order valence-electron chi connectivity index (χ1n) is 8.03. The fourth-order valence-electron chi connectivity index (χ4n) is 2.15. The van der Waals surface area contributed by atoms with Gasteiger partial charge in [-0.2, -0.15) is 0 Å². The van der Waals surface area contributed by atoms with Gasteiger partial charge >= 0.3 is 0 Å². The normalized spacial score (nSPS) is 10.4. The molecule has 3 aromatic rings. The third-order valence-corrected chi connectivity index (χ3v) is 5.82. The topological polar surface area (TPSA) is 116 Å². The number of anilines is 2. The molecule has 0 unspecified atom stereocenters. The van der Waals surface area contributed by atoms with E-state index in [1.54, 1.807) is 31.4 Å². The van der Waals surface area contributed by atoms with E-state index >= 15 is 0 Å². The number of benzene rings is 1. The Morgan fingerprint density at radius 3 is 2.62 bits per heavy atom. The second kappa shape index (κ2) is 9.76. The molecule has 0 aliphatic rings. The van der Waals surface area contributed by atoms with Gasteiger partial charge in [-0.05, 0) is 40.2 Å². The molecule has 2 aromatic heterocycles. The Hall–Kier alpha value is -2.57. The maximum Gasteiger partial charge on any atom is 0.293 e. The minimum Gasteiger partial charge on any atom is -0.493 e. The lowest BCUT2D eigenvalue weighted by atomic mass is 10.2. The number of carbonyl (C=O) groups is 2. The van der Waals surface area contributed by atoms with Crippen LogP contribution in [0.25, 0.3) is 0 Å². The first kappa shape index (κ1) is 21.1. The minimum absolute atomic E-state index is 0.127. The molecular weight excluding hydrogens is 484 g/mol. The number of carbonyl (C=O) groups excluding carboxylic acids is 2. The van der Waals surface area contributed by atoms with E-state index in [4.69, 9.17) is 13.9 Å². The standard InChI is InChI=1S/C17H15BrN4O5S2/c1-25-10-4-3-9(7-12(10)26-2)19-14(23)8-28-17-22-21-16(29-17)20-15(24)11-5-6-13(18)27-11/h3-7H,8H2,1-2H3,(H,19,23)(H,20,21,24). The number of rotatable bonds is 8. The van der Waals surface area contributed by atoms with Crippen LogP contribution in [0.15, 0.2) is 43.8 Å². The van der Waals surface area contributed by atoms with Crippen LogP contribution in [0.5, 0.6) is 11.5 Å². The first-order valence-corrected chi connectivity index (χ1v) is 10.6. The van der Waals surface area contributed by atoms with Crippen LogP contribution in [-0.4, -0.2) is 42.0 Å². The number of furan rings is 1. The van der Waals surface area contributed by atoms with Gasteiger partial charge in [-0.25, -0.2) is 0 Å². The molecule has 0 spiro atoms. The Balaban J connectivity index is 1.51. The number of nitrogens with one attached hydrogen (secondary N) is 2. The van der Waals surface area contributed by atoms with E-state index in [9.17, 15) is 9.59 Å². The highest BCUT2D eigenvalue weighted by molar-refractivity contribution is 9.10. The molecule has 0 aliphatic carbocycles. The zero-order chi connectivity index (χ0) is 20.8. The van der Waals surface area contributed by atoms with Crippen molar-refractivity contribution in [2.24, 2.45) is 0 Å². The lowest BCUT2D eigenvalue weighted by Crippen LogP contribution is -2.14. The van der Waals surface area contributed by atoms with Gasteiger partial charge in [-0.15, -0.1) is 10.2 Å². The van der Waals surface area contributed by atoms with Crippen molar-refractivity contribution in [3.63, 3.8) is 0 Å². The number of methoxy groups -OCH3 is 2. The quantitative estimate of drug-likeness (QED) is 0.354. The van der Waals surface area contributed by atoms with Gasteiger partial charge in [0.25, 0.3) is 5.91 Å². The molecule has 0 saturated heterocycles. The molecule has 2 amide bonds. The molecule has 0 radical (unpaired) electrons. The van der Waals surface area contributed by atoms with Crippen LogP contribution < -0.4 is 20.1 Å². The number of ether oxygens (including phenoxy) is 2. The molecule has 2 heterocycles. The SMILES string of the molecule is COc1ccc(NC(=O)CSc2nnc(NC(=O)c3ccc(Br)o3)s2)cc1OC. The first-order chi connectivity index (χ1) is 14.0. The van der Waals surface area contributed by atoms with Crippen molar-refractivity contribution in [3.8, 4) is 11.5 Å². The molecule has 0 saturated carbocycles. The molecule has 0 aliphatic heterocycles. The summed E-state index contributed by atoms with van der Waals surface area (Å²) in [5, 5.41) is 13.5. The van der Waals surface area contributed by atoms with Crippen LogP contribution in [0, 0.1) is 0 Å². The van der Waals surface area contributed by atoms with Crippen molar-refractivity contribution in [1.29, 1.82) is 0 Å². The number of halogens is 1. The second-order valence-electron chi connectivity index (χ2n) is 5.34. The number of amides is 2. The predicted octanol–water partition coefficient (Wildman–Crippen LogP) is 3.89. The van der Waals surface area contributed by atoms with Crippen LogP contribution >= 0.6 is 39.0 Å². The highest BCUT2D eigenvalue weighted by Crippen LogP contribution is 2.30. The van der Waals surface area contributed by atoms with E-state index in [2.05, 4.69) is 36.8 Å². The molecule has 0 atom stereocenters. The summed E-state index contributed by atoms with van der Waals surface area (Å²) in [5.41, 5.74) is 0.586. The van der Waals surface area contributed by atoms with Crippen LogP contribution in [0.3, 0.4) is 0 Å². The molecule has 3 rings (SSSR count). The lowest BCUT2D eigenvalue weighted by molar-refractivity contribution is -0.113. The second-order valence-corrected chi connectivity index (χ2v) is 8.32. The Morgan fingerprint density at radius 1 is 1.14 bits per heavy atom. The fraction of sp³-hybridized carbons (Fsp3) is 0.176. The van der Waals surface area contributed by atoms with Gasteiger partial charge in [-0.1, -0.05) is 23.1 Å². The summed E-state index contributed by atoms with van der Waals surface area (Å²) in [6.07, 6.45) is 0. The average molecular weight is 499 g/mol. The van der Waals surface area contributed by atoms with Crippen molar-refractivity contribution < 1.29 is 23.5 Å². The molecule has 2 N–H and O–H groups in total. The summed E-state index contributed by atoms with van der Waals surface area (Å²) in [5.74, 6) is 0.715. The Labute approximate surface area is 182 Å². The average Bonchev–Trinajstić information content (AvgIpc) is 3.35. The maximum atomic E-state index is 12.2. The molecule has 152 valence electrons. The lowest BCUT2D eigenvalue weighted by Gasteiger charge is -2.10. The van der Waals surface area contributed by atoms with Gasteiger partial charge in [0.1, 0.15) is 0 Å². The summed E-state index contributed by atoms with van der Waals surface area (Å²) >= 11 is 5.51. The van der Waals surface area contributed by atoms with E-state index in [0.29, 0.717) is 31.3 Å². The van der Waals surface area contributed by atoms with Gasteiger partial charge in [0.05, 0.1) is 20.0 Å². The number of hydrogen-bond acceptors (Lipinski definition) is 9. The summed E-state index contributed by atoms with van der Waals surface area (Å²) in [7, 11) is 3.06. The van der Waals surface area contributed by atoms with E-state index in [0.717, 1.165) is 11.3 Å². The molecule has 12 heteroatoms. The van der Waals surface area contributed by atoms with Crippen LogP contribution in [0.4, 0.5) is 10.8 Å². The van der Waals surface area contributed by atoms with E-state index in [1.807, 2.05) is 0 Å². The summed E-state index contributed by atoms with van der Waals surface area (Å²) in [6.45, 7) is 0. The minimum atomic E-state index is -0.436. The molecule has 0 bridgehead atoms. The van der Waals surface area contributed by atoms with Gasteiger partial charge in [-0.3, -0.25) is 14.9 Å². The smallest absolute Gasteiger partial charge is 0.293 e. The third-order valence-electron chi connectivity index (χ3n) is 3.42. The van der Waals surface area contributed by atoms with Crippen molar-refractivity contribution in [2.75, 3.05) is 30.6 Å². The monoisotopic (exact) mass is 498 g/mol. The van der Waals surface area contributed by atoms with Crippen LogP contribution in [0.1, 0.15) is 10.6 Å².